The maximum Gasteiger partial charge on any atom is 0.255 e. The van der Waals surface area contributed by atoms with Gasteiger partial charge in [0.15, 0.2) is 0 Å². The number of hydrogen-bond acceptors (Lipinski definition) is 5. The highest BCUT2D eigenvalue weighted by Crippen LogP contribution is 2.40. The zero-order valence-corrected chi connectivity index (χ0v) is 16.4. The number of carbonyl (C=O) groups excluding carboxylic acids is 1. The fourth-order valence-corrected chi connectivity index (χ4v) is 4.15. The van der Waals surface area contributed by atoms with E-state index in [4.69, 9.17) is 9.52 Å². The molecule has 1 saturated carbocycles. The quantitative estimate of drug-likeness (QED) is 0.806. The molecule has 0 aromatic carbocycles. The van der Waals surface area contributed by atoms with E-state index in [1.807, 2.05) is 18.7 Å². The second kappa shape index (κ2) is 7.51. The van der Waals surface area contributed by atoms with Gasteiger partial charge in [-0.3, -0.25) is 14.7 Å². The molecule has 2 atom stereocenters. The van der Waals surface area contributed by atoms with Crippen LogP contribution in [0.15, 0.2) is 9.52 Å². The van der Waals surface area contributed by atoms with Gasteiger partial charge in [0.25, 0.3) is 5.91 Å². The molecule has 3 rings (SSSR count). The molecule has 6 nitrogen and oxygen atoms in total. The van der Waals surface area contributed by atoms with Crippen molar-refractivity contribution in [3.63, 3.8) is 0 Å². The van der Waals surface area contributed by atoms with Crippen molar-refractivity contribution in [1.29, 1.82) is 0 Å². The number of aryl methyl sites for hydroxylation is 1. The summed E-state index contributed by atoms with van der Waals surface area (Å²) < 4.78 is 5.51. The molecule has 1 spiro atoms. The minimum Gasteiger partial charge on any atom is -0.393 e. The van der Waals surface area contributed by atoms with Crippen molar-refractivity contribution < 1.29 is 14.4 Å². The first kappa shape index (κ1) is 19.1. The Kier molecular flexibility index (Phi) is 5.51. The summed E-state index contributed by atoms with van der Waals surface area (Å²) in [5, 5.41) is 14.4. The fraction of sp³-hybridized carbons (Fsp3) is 0.750. The number of nitrogens with zero attached hydrogens (tertiary/aromatic N) is 3. The SMILES string of the molecule is CCCCC1=NC2(CCCC2)C(=O)N1CC(c1onc(C)c1C)C(C)O. The molecule has 2 heterocycles. The molecule has 6 heteroatoms. The van der Waals surface area contributed by atoms with Crippen LogP contribution < -0.4 is 0 Å². The largest absolute Gasteiger partial charge is 0.393 e. The summed E-state index contributed by atoms with van der Waals surface area (Å²) in [6.07, 6.45) is 6.06. The van der Waals surface area contributed by atoms with E-state index in [1.54, 1.807) is 6.92 Å². The van der Waals surface area contributed by atoms with Gasteiger partial charge in [-0.1, -0.05) is 31.3 Å². The molecular formula is C20H31N3O3. The molecule has 1 fully saturated rings. The number of rotatable bonds is 7. The summed E-state index contributed by atoms with van der Waals surface area (Å²) >= 11 is 0. The molecule has 1 amide bonds. The van der Waals surface area contributed by atoms with Gasteiger partial charge < -0.3 is 9.63 Å². The molecule has 144 valence electrons. The van der Waals surface area contributed by atoms with Crippen molar-refractivity contribution in [3.8, 4) is 0 Å². The van der Waals surface area contributed by atoms with Gasteiger partial charge in [-0.05, 0) is 40.0 Å². The highest BCUT2D eigenvalue weighted by atomic mass is 16.5. The van der Waals surface area contributed by atoms with Crippen LogP contribution in [-0.2, 0) is 4.79 Å². The molecule has 1 N–H and O–H groups in total. The van der Waals surface area contributed by atoms with Crippen LogP contribution >= 0.6 is 0 Å². The molecule has 0 saturated heterocycles. The summed E-state index contributed by atoms with van der Waals surface area (Å²) in [4.78, 5) is 20.0. The predicted octanol–water partition coefficient (Wildman–Crippen LogP) is 3.50. The average Bonchev–Trinajstić information content (AvgIpc) is 3.27. The van der Waals surface area contributed by atoms with Crippen LogP contribution in [0.5, 0.6) is 0 Å². The highest BCUT2D eigenvalue weighted by molar-refractivity contribution is 6.08. The molecule has 0 radical (unpaired) electrons. The van der Waals surface area contributed by atoms with Crippen LogP contribution in [0.4, 0.5) is 0 Å². The number of aromatic nitrogens is 1. The Morgan fingerprint density at radius 1 is 1.31 bits per heavy atom. The van der Waals surface area contributed by atoms with Crippen LogP contribution in [0.3, 0.4) is 0 Å². The molecule has 2 aliphatic rings. The second-order valence-electron chi connectivity index (χ2n) is 7.89. The molecule has 1 aliphatic carbocycles. The molecule has 26 heavy (non-hydrogen) atoms. The molecule has 1 aliphatic heterocycles. The maximum atomic E-state index is 13.3. The van der Waals surface area contributed by atoms with Gasteiger partial charge in [0, 0.05) is 18.5 Å². The van der Waals surface area contributed by atoms with Gasteiger partial charge in [0.1, 0.15) is 17.1 Å². The Balaban J connectivity index is 1.88. The number of unbranched alkanes of at least 4 members (excludes halogenated alkanes) is 1. The van der Waals surface area contributed by atoms with Gasteiger partial charge >= 0.3 is 0 Å². The summed E-state index contributed by atoms with van der Waals surface area (Å²) in [6.45, 7) is 8.14. The predicted molar refractivity (Wildman–Crippen MR) is 100 cm³/mol. The van der Waals surface area contributed by atoms with E-state index in [1.165, 1.54) is 0 Å². The van der Waals surface area contributed by atoms with Crippen molar-refractivity contribution in [2.75, 3.05) is 6.54 Å². The first-order valence-corrected chi connectivity index (χ1v) is 9.91. The Morgan fingerprint density at radius 2 is 2.00 bits per heavy atom. The van der Waals surface area contributed by atoms with Crippen LogP contribution in [0.25, 0.3) is 0 Å². The zero-order chi connectivity index (χ0) is 18.9. The van der Waals surface area contributed by atoms with Gasteiger partial charge in [-0.25, -0.2) is 0 Å². The number of amides is 1. The number of amidine groups is 1. The van der Waals surface area contributed by atoms with Crippen molar-refractivity contribution >= 4 is 11.7 Å². The first-order valence-electron chi connectivity index (χ1n) is 9.91. The summed E-state index contributed by atoms with van der Waals surface area (Å²) in [7, 11) is 0. The second-order valence-corrected chi connectivity index (χ2v) is 7.89. The summed E-state index contributed by atoms with van der Waals surface area (Å²) in [5.41, 5.74) is 1.23. The standard InChI is InChI=1S/C20H31N3O3/c1-5-6-9-17-21-20(10-7-8-11-20)19(25)23(17)12-16(15(4)24)18-13(2)14(3)22-26-18/h15-16,24H,5-12H2,1-4H3. The third kappa shape index (κ3) is 3.31. The maximum absolute atomic E-state index is 13.3. The Bertz CT molecular complexity index is 686. The number of aliphatic hydroxyl groups is 1. The third-order valence-corrected chi connectivity index (χ3v) is 5.97. The lowest BCUT2D eigenvalue weighted by atomic mass is 9.94. The van der Waals surface area contributed by atoms with Crippen LogP contribution in [0, 0.1) is 13.8 Å². The van der Waals surface area contributed by atoms with E-state index >= 15 is 0 Å². The van der Waals surface area contributed by atoms with Crippen LogP contribution in [0.2, 0.25) is 0 Å². The van der Waals surface area contributed by atoms with E-state index in [9.17, 15) is 9.90 Å². The number of carbonyl (C=O) groups is 1. The summed E-state index contributed by atoms with van der Waals surface area (Å²) in [6, 6.07) is 0. The van der Waals surface area contributed by atoms with E-state index in [-0.39, 0.29) is 11.8 Å². The van der Waals surface area contributed by atoms with Crippen molar-refractivity contribution in [3.05, 3.63) is 17.0 Å². The Morgan fingerprint density at radius 3 is 2.54 bits per heavy atom. The zero-order valence-electron chi connectivity index (χ0n) is 16.4. The van der Waals surface area contributed by atoms with Gasteiger partial charge in [0.05, 0.1) is 17.7 Å². The van der Waals surface area contributed by atoms with Crippen LogP contribution in [0.1, 0.15) is 81.7 Å². The smallest absolute Gasteiger partial charge is 0.255 e. The van der Waals surface area contributed by atoms with E-state index in [2.05, 4.69) is 12.1 Å². The van der Waals surface area contributed by atoms with Crippen molar-refractivity contribution in [2.45, 2.75) is 90.2 Å². The Labute approximate surface area is 155 Å². The molecule has 0 bridgehead atoms. The van der Waals surface area contributed by atoms with Crippen molar-refractivity contribution in [2.24, 2.45) is 4.99 Å². The van der Waals surface area contributed by atoms with E-state index in [0.717, 1.165) is 62.0 Å². The average molecular weight is 361 g/mol. The minimum atomic E-state index is -0.638. The van der Waals surface area contributed by atoms with Gasteiger partial charge in [-0.15, -0.1) is 0 Å². The minimum absolute atomic E-state index is 0.112. The molecule has 1 aromatic heterocycles. The lowest BCUT2D eigenvalue weighted by Crippen LogP contribution is -2.44. The van der Waals surface area contributed by atoms with Crippen molar-refractivity contribution in [1.82, 2.24) is 10.1 Å². The van der Waals surface area contributed by atoms with E-state index in [0.29, 0.717) is 12.3 Å². The fourth-order valence-electron chi connectivity index (χ4n) is 4.15. The third-order valence-electron chi connectivity index (χ3n) is 5.97. The van der Waals surface area contributed by atoms with Gasteiger partial charge in [-0.2, -0.15) is 0 Å². The molecule has 1 aromatic rings. The monoisotopic (exact) mass is 361 g/mol. The highest BCUT2D eigenvalue weighted by Gasteiger charge is 2.50. The Hall–Kier alpha value is -1.69. The number of aliphatic hydroxyl groups excluding tert-OH is 1. The topological polar surface area (TPSA) is 78.9 Å². The van der Waals surface area contributed by atoms with Gasteiger partial charge in [0.2, 0.25) is 0 Å². The number of hydrogen-bond donors (Lipinski definition) is 1. The normalized spacial score (nSPS) is 21.5. The first-order chi connectivity index (χ1) is 12.4. The van der Waals surface area contributed by atoms with Crippen LogP contribution in [-0.4, -0.2) is 45.1 Å². The molecular weight excluding hydrogens is 330 g/mol. The lowest BCUT2D eigenvalue weighted by molar-refractivity contribution is -0.131. The lowest BCUT2D eigenvalue weighted by Gasteiger charge is -2.27. The van der Waals surface area contributed by atoms with E-state index < -0.39 is 11.6 Å². The number of aliphatic imine (C=N–C) groups is 1. The summed E-state index contributed by atoms with van der Waals surface area (Å²) in [5.74, 6) is 1.37. The molecule has 2 unspecified atom stereocenters.